The molecule has 3 aromatic rings. The number of aromatic nitrogens is 2. The summed E-state index contributed by atoms with van der Waals surface area (Å²) in [7, 11) is 8.50. The first-order valence-corrected chi connectivity index (χ1v) is 25.9. The summed E-state index contributed by atoms with van der Waals surface area (Å²) in [6.45, 7) is 7.29. The summed E-state index contributed by atoms with van der Waals surface area (Å²) in [6.07, 6.45) is 5.60. The summed E-state index contributed by atoms with van der Waals surface area (Å²) in [5.41, 5.74) is 2.85. The van der Waals surface area contributed by atoms with E-state index in [1.54, 1.807) is 69.9 Å². The van der Waals surface area contributed by atoms with Crippen molar-refractivity contribution in [1.29, 1.82) is 0 Å². The number of hydrogen-bond acceptors (Lipinski definition) is 15. The molecule has 1 heterocycles. The van der Waals surface area contributed by atoms with Crippen molar-refractivity contribution < 1.29 is 63.5 Å². The van der Waals surface area contributed by atoms with Crippen molar-refractivity contribution in [1.82, 2.24) is 50.2 Å². The SMILES string of the molecule is COc1cccc(OC)c1-c1cc(C(=O)N[C@H](C(=O)O)C2CCCCC2)nn1-c1ccc(C(=O)N(C)CCCN(C)CCCN(C)C(=O)CN(CCNCC(=O)O)CCN(CCNCC(=O)O)CC(=O)O)cc1C(C)C. The van der Waals surface area contributed by atoms with Gasteiger partial charge in [-0.15, -0.1) is 0 Å². The average molecular weight is 1070 g/mol. The predicted molar refractivity (Wildman–Crippen MR) is 285 cm³/mol. The first-order valence-electron chi connectivity index (χ1n) is 25.9. The molecule has 3 amide bonds. The van der Waals surface area contributed by atoms with Gasteiger partial charge >= 0.3 is 23.9 Å². The van der Waals surface area contributed by atoms with Crippen LogP contribution < -0.4 is 25.4 Å². The third kappa shape index (κ3) is 19.5. The molecule has 2 aromatic carbocycles. The lowest BCUT2D eigenvalue weighted by atomic mass is 9.84. The lowest BCUT2D eigenvalue weighted by molar-refractivity contribution is -0.141. The Morgan fingerprint density at radius 3 is 1.79 bits per heavy atom. The van der Waals surface area contributed by atoms with Gasteiger partial charge in [-0.3, -0.25) is 38.6 Å². The predicted octanol–water partition coefficient (Wildman–Crippen LogP) is 2.72. The molecule has 76 heavy (non-hydrogen) atoms. The van der Waals surface area contributed by atoms with Crippen LogP contribution in [0.3, 0.4) is 0 Å². The molecule has 23 nitrogen and oxygen atoms in total. The average Bonchev–Trinajstić information content (AvgIpc) is 3.83. The summed E-state index contributed by atoms with van der Waals surface area (Å²) in [4.78, 5) is 96.2. The van der Waals surface area contributed by atoms with E-state index in [0.717, 1.165) is 24.8 Å². The van der Waals surface area contributed by atoms with Gasteiger partial charge in [-0.2, -0.15) is 5.10 Å². The van der Waals surface area contributed by atoms with E-state index >= 15 is 0 Å². The van der Waals surface area contributed by atoms with E-state index in [-0.39, 0.29) is 81.7 Å². The Kier molecular flexibility index (Phi) is 25.6. The lowest BCUT2D eigenvalue weighted by Crippen LogP contribution is -2.46. The maximum absolute atomic E-state index is 14.0. The van der Waals surface area contributed by atoms with E-state index in [0.29, 0.717) is 99.0 Å². The largest absolute Gasteiger partial charge is 0.496 e. The van der Waals surface area contributed by atoms with E-state index in [1.807, 2.05) is 31.9 Å². The minimum atomic E-state index is -1.09. The fourth-order valence-corrected chi connectivity index (χ4v) is 9.27. The number of nitrogens with one attached hydrogen (secondary N) is 3. The number of likely N-dealkylation sites (N-methyl/N-ethyl adjacent to an activating group) is 1. The normalized spacial score (nSPS) is 13.2. The maximum atomic E-state index is 14.0. The van der Waals surface area contributed by atoms with Crippen LogP contribution in [0.2, 0.25) is 0 Å². The van der Waals surface area contributed by atoms with E-state index < -0.39 is 35.8 Å². The molecule has 1 aliphatic rings. The van der Waals surface area contributed by atoms with Crippen LogP contribution in [0.5, 0.6) is 11.5 Å². The highest BCUT2D eigenvalue weighted by molar-refractivity contribution is 5.97. The summed E-state index contributed by atoms with van der Waals surface area (Å²) in [6, 6.07) is 11.2. The van der Waals surface area contributed by atoms with Gasteiger partial charge in [-0.25, -0.2) is 9.48 Å². The molecular formula is C53H80N10O13. The molecule has 0 unspecified atom stereocenters. The minimum Gasteiger partial charge on any atom is -0.496 e. The summed E-state index contributed by atoms with van der Waals surface area (Å²) >= 11 is 0. The van der Waals surface area contributed by atoms with Crippen LogP contribution in [0.25, 0.3) is 16.9 Å². The van der Waals surface area contributed by atoms with E-state index in [4.69, 9.17) is 24.8 Å². The monoisotopic (exact) mass is 1060 g/mol. The third-order valence-corrected chi connectivity index (χ3v) is 13.5. The van der Waals surface area contributed by atoms with Crippen LogP contribution in [-0.4, -0.2) is 229 Å². The molecule has 0 saturated heterocycles. The number of carboxylic acids is 4. The molecule has 7 N–H and O–H groups in total. The van der Waals surface area contributed by atoms with Crippen LogP contribution in [-0.2, 0) is 24.0 Å². The maximum Gasteiger partial charge on any atom is 0.326 e. The van der Waals surface area contributed by atoms with Crippen LogP contribution in [0, 0.1) is 5.92 Å². The topological polar surface area (TPSA) is 289 Å². The van der Waals surface area contributed by atoms with Gasteiger partial charge in [-0.05, 0) is 99.6 Å². The second-order valence-electron chi connectivity index (χ2n) is 19.6. The third-order valence-electron chi connectivity index (χ3n) is 13.5. The van der Waals surface area contributed by atoms with E-state index in [1.165, 1.54) is 14.2 Å². The number of amides is 3. The molecule has 0 aliphatic heterocycles. The second kappa shape index (κ2) is 31.4. The zero-order chi connectivity index (χ0) is 55.9. The zero-order valence-corrected chi connectivity index (χ0v) is 45.2. The minimum absolute atomic E-state index is 0.00654. The van der Waals surface area contributed by atoms with Gasteiger partial charge in [0.25, 0.3) is 11.8 Å². The van der Waals surface area contributed by atoms with Crippen LogP contribution >= 0.6 is 0 Å². The van der Waals surface area contributed by atoms with Gasteiger partial charge in [0.1, 0.15) is 17.5 Å². The standard InChI is InChI=1S/C53H80N10O13/c1-36(2)39-30-38(18-19-41(39)63-42(49-43(75-6)16-11-17-44(49)76-7)31-40(57-63)51(71)56-50(53(73)74)37-14-9-8-10-15-37)52(72)60(5)25-13-23-58(3)22-12-24-59(4)45(64)34-61(26-20-54-32-46(65)66)28-29-62(35-48(69)70)27-21-55-33-47(67)68/h11,16-19,30-31,36-37,50,54-55H,8-10,12-15,20-29,32-35H2,1-7H3,(H,56,71)(H,65,66)(H,67,68)(H,69,70)(H,73,74)/t50-/m0/s1. The van der Waals surface area contributed by atoms with Crippen molar-refractivity contribution in [3.8, 4) is 28.4 Å². The summed E-state index contributed by atoms with van der Waals surface area (Å²) in [5, 5.41) is 50.7. The Labute approximate surface area is 445 Å². The van der Waals surface area contributed by atoms with Crippen molar-refractivity contribution in [2.24, 2.45) is 5.92 Å². The lowest BCUT2D eigenvalue weighted by Gasteiger charge is -2.28. The summed E-state index contributed by atoms with van der Waals surface area (Å²) < 4.78 is 13.2. The number of nitrogens with zero attached hydrogens (tertiary/aromatic N) is 7. The van der Waals surface area contributed by atoms with Crippen molar-refractivity contribution in [3.63, 3.8) is 0 Å². The van der Waals surface area contributed by atoms with Crippen molar-refractivity contribution in [3.05, 3.63) is 59.3 Å². The van der Waals surface area contributed by atoms with Gasteiger partial charge in [0, 0.05) is 72.0 Å². The molecule has 23 heteroatoms. The highest BCUT2D eigenvalue weighted by Crippen LogP contribution is 2.41. The molecule has 420 valence electrons. The highest BCUT2D eigenvalue weighted by Gasteiger charge is 2.33. The quantitative estimate of drug-likeness (QED) is 0.0417. The first-order chi connectivity index (χ1) is 36.2. The fourth-order valence-electron chi connectivity index (χ4n) is 9.27. The zero-order valence-electron chi connectivity index (χ0n) is 45.2. The number of hydrogen-bond donors (Lipinski definition) is 7. The van der Waals surface area contributed by atoms with E-state index in [9.17, 15) is 43.8 Å². The number of carbonyl (C=O) groups excluding carboxylic acids is 3. The molecule has 1 aliphatic carbocycles. The van der Waals surface area contributed by atoms with Crippen LogP contribution in [0.1, 0.15) is 91.1 Å². The second-order valence-corrected chi connectivity index (χ2v) is 19.6. The molecular weight excluding hydrogens is 985 g/mol. The number of carboxylic acid groups (broad SMARTS) is 4. The number of rotatable bonds is 35. The molecule has 1 atom stereocenters. The Balaban J connectivity index is 1.39. The molecule has 1 fully saturated rings. The Bertz CT molecular complexity index is 2390. The number of ether oxygens (including phenoxy) is 2. The molecule has 4 rings (SSSR count). The Morgan fingerprint density at radius 1 is 0.697 bits per heavy atom. The van der Waals surface area contributed by atoms with Gasteiger partial charge in [-0.1, -0.05) is 39.2 Å². The van der Waals surface area contributed by atoms with Crippen molar-refractivity contribution in [2.75, 3.05) is 127 Å². The smallest absolute Gasteiger partial charge is 0.326 e. The number of aliphatic carboxylic acids is 4. The molecule has 0 bridgehead atoms. The van der Waals surface area contributed by atoms with Gasteiger partial charge in [0.15, 0.2) is 5.69 Å². The number of carbonyl (C=O) groups is 7. The molecule has 1 saturated carbocycles. The van der Waals surface area contributed by atoms with Gasteiger partial charge in [0.05, 0.1) is 57.3 Å². The van der Waals surface area contributed by atoms with Crippen molar-refractivity contribution >= 4 is 41.6 Å². The van der Waals surface area contributed by atoms with E-state index in [2.05, 4.69) is 20.9 Å². The van der Waals surface area contributed by atoms with Crippen molar-refractivity contribution in [2.45, 2.75) is 70.8 Å². The molecule has 0 radical (unpaired) electrons. The number of benzene rings is 2. The molecule has 1 aromatic heterocycles. The van der Waals surface area contributed by atoms with Crippen LogP contribution in [0.15, 0.2) is 42.5 Å². The molecule has 0 spiro atoms. The Morgan fingerprint density at radius 2 is 1.26 bits per heavy atom. The van der Waals surface area contributed by atoms with Gasteiger partial charge < -0.3 is 60.5 Å². The van der Waals surface area contributed by atoms with Crippen LogP contribution in [0.4, 0.5) is 0 Å². The summed E-state index contributed by atoms with van der Waals surface area (Å²) in [5.74, 6) is -4.51. The Hall–Kier alpha value is -6.66. The number of methoxy groups -OCH3 is 2. The first kappa shape index (κ1) is 61.9. The van der Waals surface area contributed by atoms with Gasteiger partial charge in [0.2, 0.25) is 5.91 Å². The highest BCUT2D eigenvalue weighted by atomic mass is 16.5. The fraction of sp³-hybridized carbons (Fsp3) is 0.585.